The molecule has 2 aromatic carbocycles. The maximum Gasteiger partial charge on any atom is 0.251 e. The zero-order chi connectivity index (χ0) is 19.1. The lowest BCUT2D eigenvalue weighted by atomic mass is 9.96. The SMILES string of the molecule is CCCC1CCCN(C(=O)CCNC(=O)c2ccc3ccccc3c2)CC1. The van der Waals surface area contributed by atoms with Crippen molar-refractivity contribution >= 4 is 22.6 Å². The van der Waals surface area contributed by atoms with Crippen molar-refractivity contribution in [2.75, 3.05) is 19.6 Å². The van der Waals surface area contributed by atoms with E-state index in [1.54, 1.807) is 0 Å². The van der Waals surface area contributed by atoms with E-state index in [2.05, 4.69) is 12.2 Å². The van der Waals surface area contributed by atoms with Crippen molar-refractivity contribution in [3.8, 4) is 0 Å². The Morgan fingerprint density at radius 3 is 2.70 bits per heavy atom. The molecule has 4 nitrogen and oxygen atoms in total. The molecule has 0 bridgehead atoms. The molecule has 1 unspecified atom stereocenters. The van der Waals surface area contributed by atoms with Crippen LogP contribution in [0.5, 0.6) is 0 Å². The smallest absolute Gasteiger partial charge is 0.251 e. The van der Waals surface area contributed by atoms with E-state index in [-0.39, 0.29) is 11.8 Å². The van der Waals surface area contributed by atoms with Gasteiger partial charge in [-0.3, -0.25) is 9.59 Å². The van der Waals surface area contributed by atoms with Crippen LogP contribution in [0.1, 0.15) is 55.8 Å². The second-order valence-corrected chi connectivity index (χ2v) is 7.53. The van der Waals surface area contributed by atoms with Crippen LogP contribution in [0.4, 0.5) is 0 Å². The second kappa shape index (κ2) is 9.54. The van der Waals surface area contributed by atoms with Crippen LogP contribution in [-0.2, 0) is 4.79 Å². The molecule has 0 radical (unpaired) electrons. The summed E-state index contributed by atoms with van der Waals surface area (Å²) in [5.74, 6) is 0.804. The fourth-order valence-electron chi connectivity index (χ4n) is 3.99. The average molecular weight is 367 g/mol. The van der Waals surface area contributed by atoms with Crippen LogP contribution in [0.15, 0.2) is 42.5 Å². The number of carbonyl (C=O) groups excluding carboxylic acids is 2. The Morgan fingerprint density at radius 1 is 1.07 bits per heavy atom. The molecule has 4 heteroatoms. The number of nitrogens with one attached hydrogen (secondary N) is 1. The molecule has 0 saturated carbocycles. The standard InChI is InChI=1S/C23H30N2O2/c1-2-6-18-7-5-15-25(16-13-18)22(26)12-14-24-23(27)21-11-10-19-8-3-4-9-20(19)17-21/h3-4,8-11,17-18H,2,5-7,12-16H2,1H3,(H,24,27). The Labute approximate surface area is 161 Å². The molecule has 1 atom stereocenters. The van der Waals surface area contributed by atoms with Gasteiger partial charge in [-0.1, -0.05) is 50.1 Å². The molecule has 1 aliphatic rings. The molecule has 1 fully saturated rings. The predicted octanol–water partition coefficient (Wildman–Crippen LogP) is 4.39. The number of fused-ring (bicyclic) bond motifs is 1. The van der Waals surface area contributed by atoms with Gasteiger partial charge in [0.05, 0.1) is 0 Å². The van der Waals surface area contributed by atoms with Crippen molar-refractivity contribution in [1.29, 1.82) is 0 Å². The van der Waals surface area contributed by atoms with Gasteiger partial charge in [-0.05, 0) is 48.1 Å². The van der Waals surface area contributed by atoms with Crippen LogP contribution >= 0.6 is 0 Å². The average Bonchev–Trinajstić information content (AvgIpc) is 2.93. The minimum Gasteiger partial charge on any atom is -0.352 e. The molecule has 1 heterocycles. The molecule has 3 rings (SSSR count). The van der Waals surface area contributed by atoms with Crippen molar-refractivity contribution in [2.45, 2.75) is 45.4 Å². The largest absolute Gasteiger partial charge is 0.352 e. The Bertz CT molecular complexity index is 787. The van der Waals surface area contributed by atoms with E-state index < -0.39 is 0 Å². The third-order valence-electron chi connectivity index (χ3n) is 5.53. The Morgan fingerprint density at radius 2 is 1.89 bits per heavy atom. The number of nitrogens with zero attached hydrogens (tertiary/aromatic N) is 1. The lowest BCUT2D eigenvalue weighted by Gasteiger charge is -2.20. The number of hydrogen-bond acceptors (Lipinski definition) is 2. The first kappa shape index (κ1) is 19.4. The highest BCUT2D eigenvalue weighted by Crippen LogP contribution is 2.22. The molecule has 27 heavy (non-hydrogen) atoms. The van der Waals surface area contributed by atoms with Gasteiger partial charge < -0.3 is 10.2 Å². The Kier molecular flexibility index (Phi) is 6.86. The number of hydrogen-bond donors (Lipinski definition) is 1. The maximum atomic E-state index is 12.5. The number of likely N-dealkylation sites (tertiary alicyclic amines) is 1. The second-order valence-electron chi connectivity index (χ2n) is 7.53. The summed E-state index contributed by atoms with van der Waals surface area (Å²) in [6.45, 7) is 4.34. The molecular formula is C23H30N2O2. The highest BCUT2D eigenvalue weighted by molar-refractivity contribution is 5.98. The van der Waals surface area contributed by atoms with Gasteiger partial charge in [0.2, 0.25) is 5.91 Å². The quantitative estimate of drug-likeness (QED) is 0.824. The molecule has 1 saturated heterocycles. The summed E-state index contributed by atoms with van der Waals surface area (Å²) in [6.07, 6.45) is 6.31. The highest BCUT2D eigenvalue weighted by Gasteiger charge is 2.20. The summed E-state index contributed by atoms with van der Waals surface area (Å²) in [5.41, 5.74) is 0.637. The monoisotopic (exact) mass is 366 g/mol. The summed E-state index contributed by atoms with van der Waals surface area (Å²) < 4.78 is 0. The van der Waals surface area contributed by atoms with Gasteiger partial charge in [-0.15, -0.1) is 0 Å². The van der Waals surface area contributed by atoms with Crippen molar-refractivity contribution in [2.24, 2.45) is 5.92 Å². The van der Waals surface area contributed by atoms with E-state index in [9.17, 15) is 9.59 Å². The summed E-state index contributed by atoms with van der Waals surface area (Å²) in [5, 5.41) is 5.06. The van der Waals surface area contributed by atoms with Crippen LogP contribution in [0.3, 0.4) is 0 Å². The minimum atomic E-state index is -0.118. The summed E-state index contributed by atoms with van der Waals surface area (Å²) in [6, 6.07) is 13.7. The zero-order valence-electron chi connectivity index (χ0n) is 16.2. The first-order valence-electron chi connectivity index (χ1n) is 10.2. The zero-order valence-corrected chi connectivity index (χ0v) is 16.2. The van der Waals surface area contributed by atoms with Crippen molar-refractivity contribution in [1.82, 2.24) is 10.2 Å². The first-order chi connectivity index (χ1) is 13.2. The first-order valence-corrected chi connectivity index (χ1v) is 10.2. The normalized spacial score (nSPS) is 17.5. The lowest BCUT2D eigenvalue weighted by molar-refractivity contribution is -0.131. The van der Waals surface area contributed by atoms with E-state index in [0.29, 0.717) is 18.5 Å². The van der Waals surface area contributed by atoms with Crippen molar-refractivity contribution < 1.29 is 9.59 Å². The van der Waals surface area contributed by atoms with Crippen LogP contribution in [0, 0.1) is 5.92 Å². The number of carbonyl (C=O) groups is 2. The molecule has 0 aromatic heterocycles. The van der Waals surface area contributed by atoms with Crippen LogP contribution in [-0.4, -0.2) is 36.3 Å². The molecule has 1 N–H and O–H groups in total. The fraction of sp³-hybridized carbons (Fsp3) is 0.478. The van der Waals surface area contributed by atoms with Crippen molar-refractivity contribution in [3.05, 3.63) is 48.0 Å². The van der Waals surface area contributed by atoms with Gasteiger partial charge in [0.25, 0.3) is 5.91 Å². The van der Waals surface area contributed by atoms with E-state index in [1.807, 2.05) is 47.4 Å². The maximum absolute atomic E-state index is 12.5. The fourth-order valence-corrected chi connectivity index (χ4v) is 3.99. The van der Waals surface area contributed by atoms with Crippen LogP contribution in [0.2, 0.25) is 0 Å². The van der Waals surface area contributed by atoms with Gasteiger partial charge in [0, 0.05) is 31.6 Å². The van der Waals surface area contributed by atoms with Gasteiger partial charge >= 0.3 is 0 Å². The van der Waals surface area contributed by atoms with Gasteiger partial charge in [0.15, 0.2) is 0 Å². The number of rotatable bonds is 6. The topological polar surface area (TPSA) is 49.4 Å². The molecule has 0 aliphatic carbocycles. The molecule has 0 spiro atoms. The van der Waals surface area contributed by atoms with E-state index in [4.69, 9.17) is 0 Å². The molecule has 2 aromatic rings. The predicted molar refractivity (Wildman–Crippen MR) is 110 cm³/mol. The third kappa shape index (κ3) is 5.31. The Balaban J connectivity index is 1.47. The summed E-state index contributed by atoms with van der Waals surface area (Å²) >= 11 is 0. The third-order valence-corrected chi connectivity index (χ3v) is 5.53. The van der Waals surface area contributed by atoms with E-state index >= 15 is 0 Å². The number of benzene rings is 2. The van der Waals surface area contributed by atoms with Crippen LogP contribution < -0.4 is 5.32 Å². The van der Waals surface area contributed by atoms with Gasteiger partial charge in [-0.2, -0.15) is 0 Å². The number of amides is 2. The molecule has 1 aliphatic heterocycles. The summed E-state index contributed by atoms with van der Waals surface area (Å²) in [7, 11) is 0. The molecular weight excluding hydrogens is 336 g/mol. The van der Waals surface area contributed by atoms with Gasteiger partial charge in [-0.25, -0.2) is 0 Å². The van der Waals surface area contributed by atoms with Crippen molar-refractivity contribution in [3.63, 3.8) is 0 Å². The lowest BCUT2D eigenvalue weighted by Crippen LogP contribution is -2.35. The summed E-state index contributed by atoms with van der Waals surface area (Å²) in [4.78, 5) is 26.8. The highest BCUT2D eigenvalue weighted by atomic mass is 16.2. The molecule has 144 valence electrons. The Hall–Kier alpha value is -2.36. The van der Waals surface area contributed by atoms with E-state index in [0.717, 1.165) is 42.6 Å². The van der Waals surface area contributed by atoms with Gasteiger partial charge in [0.1, 0.15) is 0 Å². The van der Waals surface area contributed by atoms with Crippen LogP contribution in [0.25, 0.3) is 10.8 Å². The minimum absolute atomic E-state index is 0.118. The molecule has 2 amide bonds. The van der Waals surface area contributed by atoms with E-state index in [1.165, 1.54) is 19.3 Å².